The maximum Gasteiger partial charge on any atom is 0.311 e. The first-order valence-electron chi connectivity index (χ1n) is 9.21. The molecule has 25 heavy (non-hydrogen) atoms. The Bertz CT molecular complexity index is 723. The average molecular weight is 410 g/mol. The molecular weight excluding hydrogens is 386 g/mol. The van der Waals surface area contributed by atoms with Crippen molar-refractivity contribution in [2.75, 3.05) is 12.4 Å². The lowest BCUT2D eigenvalue weighted by Gasteiger charge is -2.47. The highest BCUT2D eigenvalue weighted by Crippen LogP contribution is 2.46. The van der Waals surface area contributed by atoms with Gasteiger partial charge in [0.05, 0.1) is 13.0 Å². The Hall–Kier alpha value is -1.37. The molecule has 2 bridgehead atoms. The van der Waals surface area contributed by atoms with Crippen LogP contribution in [0.2, 0.25) is 0 Å². The monoisotopic (exact) mass is 409 g/mol. The molecule has 136 valence electrons. The number of esters is 1. The topological polar surface area (TPSA) is 73.2 Å². The molecule has 0 spiro atoms. The van der Waals surface area contributed by atoms with Crippen LogP contribution in [0.15, 0.2) is 15.6 Å². The number of carbonyl (C=O) groups is 1. The maximum atomic E-state index is 12.9. The molecule has 0 radical (unpaired) electrons. The van der Waals surface area contributed by atoms with Gasteiger partial charge >= 0.3 is 5.97 Å². The van der Waals surface area contributed by atoms with Crippen LogP contribution in [0.5, 0.6) is 0 Å². The standard InChI is InChI=1S/C18H24BrN3O3/c1-25-18(24)14-10-5-7-11(8-6-10)15(14)21-16-17(23)22(9-13(19)20-16)12-3-2-4-12/h9-12,14-15H,2-8H2,1H3,(H,20,21)/t10?,11?,14-,15-/m0/s1. The van der Waals surface area contributed by atoms with Gasteiger partial charge in [-0.2, -0.15) is 0 Å². The zero-order chi connectivity index (χ0) is 17.6. The number of carbonyl (C=O) groups excluding carboxylic acids is 1. The fourth-order valence-corrected chi connectivity index (χ4v) is 5.20. The number of rotatable bonds is 4. The Labute approximate surface area is 155 Å². The van der Waals surface area contributed by atoms with Crippen LogP contribution in [0, 0.1) is 17.8 Å². The quantitative estimate of drug-likeness (QED) is 0.773. The zero-order valence-corrected chi connectivity index (χ0v) is 16.0. The first kappa shape index (κ1) is 17.1. The number of halogens is 1. The summed E-state index contributed by atoms with van der Waals surface area (Å²) in [6.45, 7) is 0. The smallest absolute Gasteiger partial charge is 0.311 e. The van der Waals surface area contributed by atoms with E-state index in [0.717, 1.165) is 44.9 Å². The van der Waals surface area contributed by atoms with Gasteiger partial charge in [0.2, 0.25) is 0 Å². The molecule has 0 saturated heterocycles. The van der Waals surface area contributed by atoms with Gasteiger partial charge in [-0.15, -0.1) is 0 Å². The van der Waals surface area contributed by atoms with E-state index in [1.807, 2.05) is 0 Å². The van der Waals surface area contributed by atoms with E-state index in [4.69, 9.17) is 4.74 Å². The van der Waals surface area contributed by atoms with Crippen LogP contribution in [0.3, 0.4) is 0 Å². The second-order valence-corrected chi connectivity index (χ2v) is 8.42. The van der Waals surface area contributed by atoms with Crippen molar-refractivity contribution in [2.45, 2.75) is 57.0 Å². The highest BCUT2D eigenvalue weighted by molar-refractivity contribution is 9.10. The second-order valence-electron chi connectivity index (χ2n) is 7.60. The number of hydrogen-bond donors (Lipinski definition) is 1. The summed E-state index contributed by atoms with van der Waals surface area (Å²) in [4.78, 5) is 29.6. The fourth-order valence-electron chi connectivity index (χ4n) is 4.80. The Morgan fingerprint density at radius 2 is 1.92 bits per heavy atom. The third-order valence-electron chi connectivity index (χ3n) is 6.37. The first-order chi connectivity index (χ1) is 12.1. The molecule has 0 amide bonds. The third kappa shape index (κ3) is 3.00. The molecule has 1 aromatic heterocycles. The molecule has 2 atom stereocenters. The Morgan fingerprint density at radius 3 is 2.52 bits per heavy atom. The second kappa shape index (κ2) is 6.74. The number of methoxy groups -OCH3 is 1. The number of nitrogens with zero attached hydrogens (tertiary/aromatic N) is 2. The molecule has 1 aromatic rings. The summed E-state index contributed by atoms with van der Waals surface area (Å²) in [5, 5.41) is 3.35. The van der Waals surface area contributed by atoms with Gasteiger partial charge in [0.25, 0.3) is 5.56 Å². The van der Waals surface area contributed by atoms with Gasteiger partial charge in [-0.3, -0.25) is 9.59 Å². The van der Waals surface area contributed by atoms with E-state index in [2.05, 4.69) is 26.2 Å². The van der Waals surface area contributed by atoms with Gasteiger partial charge in [-0.25, -0.2) is 4.98 Å². The molecule has 1 heterocycles. The van der Waals surface area contributed by atoms with Crippen molar-refractivity contribution in [3.63, 3.8) is 0 Å². The molecule has 0 aliphatic heterocycles. The number of aromatic nitrogens is 2. The Kier molecular flexibility index (Phi) is 4.60. The van der Waals surface area contributed by atoms with Gasteiger partial charge in [-0.1, -0.05) is 0 Å². The Morgan fingerprint density at radius 1 is 1.24 bits per heavy atom. The maximum absolute atomic E-state index is 12.9. The van der Waals surface area contributed by atoms with Gasteiger partial charge < -0.3 is 14.6 Å². The highest BCUT2D eigenvalue weighted by Gasteiger charge is 2.48. The summed E-state index contributed by atoms with van der Waals surface area (Å²) < 4.78 is 7.50. The molecule has 4 aliphatic carbocycles. The highest BCUT2D eigenvalue weighted by atomic mass is 79.9. The predicted octanol–water partition coefficient (Wildman–Crippen LogP) is 3.12. The van der Waals surface area contributed by atoms with Crippen LogP contribution < -0.4 is 10.9 Å². The van der Waals surface area contributed by atoms with Crippen LogP contribution in [0.1, 0.15) is 51.0 Å². The van der Waals surface area contributed by atoms with Gasteiger partial charge in [0.1, 0.15) is 4.60 Å². The van der Waals surface area contributed by atoms with Crippen LogP contribution in [0.4, 0.5) is 5.82 Å². The van der Waals surface area contributed by atoms with Crippen LogP contribution in [-0.4, -0.2) is 28.7 Å². The summed E-state index contributed by atoms with van der Waals surface area (Å²) >= 11 is 3.43. The molecule has 7 heteroatoms. The first-order valence-corrected chi connectivity index (χ1v) is 10.0. The minimum atomic E-state index is -0.185. The van der Waals surface area contributed by atoms with Crippen LogP contribution in [-0.2, 0) is 9.53 Å². The SMILES string of the molecule is COC(=O)[C@H]1C2CCC(CC2)[C@@H]1Nc1nc(Br)cn(C2CCC2)c1=O. The van der Waals surface area contributed by atoms with Crippen molar-refractivity contribution in [2.24, 2.45) is 17.8 Å². The normalized spacial score (nSPS) is 31.4. The molecule has 4 aliphatic rings. The number of nitrogens with one attached hydrogen (secondary N) is 1. The van der Waals surface area contributed by atoms with Crippen molar-refractivity contribution in [1.29, 1.82) is 0 Å². The van der Waals surface area contributed by atoms with Gasteiger partial charge in [0, 0.05) is 18.3 Å². The summed E-state index contributed by atoms with van der Waals surface area (Å²) in [6, 6.07) is 0.204. The molecule has 0 aromatic carbocycles. The van der Waals surface area contributed by atoms with E-state index in [1.54, 1.807) is 10.8 Å². The number of anilines is 1. The van der Waals surface area contributed by atoms with Crippen molar-refractivity contribution in [3.8, 4) is 0 Å². The summed E-state index contributed by atoms with van der Waals surface area (Å²) in [6.07, 6.45) is 9.35. The molecule has 4 fully saturated rings. The van der Waals surface area contributed by atoms with Gasteiger partial charge in [0.15, 0.2) is 5.82 Å². The van der Waals surface area contributed by atoms with E-state index < -0.39 is 0 Å². The van der Waals surface area contributed by atoms with Crippen LogP contribution in [0.25, 0.3) is 0 Å². The lowest BCUT2D eigenvalue weighted by Crippen LogP contribution is -2.52. The van der Waals surface area contributed by atoms with Gasteiger partial charge in [-0.05, 0) is 72.7 Å². The zero-order valence-electron chi connectivity index (χ0n) is 14.4. The molecule has 4 saturated carbocycles. The minimum absolute atomic E-state index is 0.0655. The summed E-state index contributed by atoms with van der Waals surface area (Å²) in [5.74, 6) is 0.742. The predicted molar refractivity (Wildman–Crippen MR) is 97.4 cm³/mol. The molecule has 6 nitrogen and oxygen atoms in total. The lowest BCUT2D eigenvalue weighted by molar-refractivity contribution is -0.152. The summed E-state index contributed by atoms with van der Waals surface area (Å²) in [5.41, 5.74) is -0.0852. The number of fused-ring (bicyclic) bond motifs is 3. The van der Waals surface area contributed by atoms with Crippen molar-refractivity contribution in [1.82, 2.24) is 9.55 Å². The Balaban J connectivity index is 1.65. The van der Waals surface area contributed by atoms with Crippen molar-refractivity contribution >= 4 is 27.7 Å². The number of ether oxygens (including phenoxy) is 1. The summed E-state index contributed by atoms with van der Waals surface area (Å²) in [7, 11) is 1.45. The fraction of sp³-hybridized carbons (Fsp3) is 0.722. The number of hydrogen-bond acceptors (Lipinski definition) is 5. The van der Waals surface area contributed by atoms with Crippen LogP contribution >= 0.6 is 15.9 Å². The van der Waals surface area contributed by atoms with Crippen molar-refractivity contribution < 1.29 is 9.53 Å². The molecular formula is C18H24BrN3O3. The molecule has 0 unspecified atom stereocenters. The van der Waals surface area contributed by atoms with E-state index in [9.17, 15) is 9.59 Å². The van der Waals surface area contributed by atoms with E-state index >= 15 is 0 Å². The largest absolute Gasteiger partial charge is 0.469 e. The molecule has 5 rings (SSSR count). The molecule has 1 N–H and O–H groups in total. The average Bonchev–Trinajstić information content (AvgIpc) is 2.57. The van der Waals surface area contributed by atoms with E-state index in [0.29, 0.717) is 22.3 Å². The van der Waals surface area contributed by atoms with E-state index in [1.165, 1.54) is 7.11 Å². The lowest BCUT2D eigenvalue weighted by atomic mass is 9.61. The third-order valence-corrected chi connectivity index (χ3v) is 6.75. The minimum Gasteiger partial charge on any atom is -0.469 e. The van der Waals surface area contributed by atoms with Crippen molar-refractivity contribution in [3.05, 3.63) is 21.2 Å². The van der Waals surface area contributed by atoms with E-state index in [-0.39, 0.29) is 29.5 Å².